The van der Waals surface area contributed by atoms with E-state index in [-0.39, 0.29) is 18.2 Å². The maximum absolute atomic E-state index is 12.8. The Bertz CT molecular complexity index is 1420. The van der Waals surface area contributed by atoms with Gasteiger partial charge in [0, 0.05) is 5.56 Å². The third-order valence-corrected chi connectivity index (χ3v) is 6.08. The number of nitrogens with one attached hydrogen (secondary N) is 2. The summed E-state index contributed by atoms with van der Waals surface area (Å²) >= 11 is 0. The summed E-state index contributed by atoms with van der Waals surface area (Å²) in [5, 5.41) is 7.05. The van der Waals surface area contributed by atoms with Crippen LogP contribution in [-0.4, -0.2) is 32.2 Å². The molecule has 40 heavy (non-hydrogen) atoms. The van der Waals surface area contributed by atoms with Gasteiger partial charge in [0.25, 0.3) is 5.91 Å². The molecule has 2 amide bonds. The number of amides is 2. The molecule has 0 aromatic heterocycles. The average molecular weight is 538 g/mol. The van der Waals surface area contributed by atoms with Gasteiger partial charge in [-0.05, 0) is 59.2 Å². The third kappa shape index (κ3) is 7.94. The minimum absolute atomic E-state index is 0.0153. The van der Waals surface area contributed by atoms with Crippen molar-refractivity contribution in [3.63, 3.8) is 0 Å². The van der Waals surface area contributed by atoms with Crippen LogP contribution in [0.25, 0.3) is 0 Å². The number of methoxy groups -OCH3 is 2. The number of rotatable bonds is 12. The molecular weight excluding hydrogens is 506 g/mol. The lowest BCUT2D eigenvalue weighted by molar-refractivity contribution is -0.121. The fraction of sp³-hybridized carbons (Fsp3) is 0.156. The van der Waals surface area contributed by atoms with Gasteiger partial charge in [0.05, 0.1) is 32.9 Å². The first-order valence-electron chi connectivity index (χ1n) is 12.7. The fourth-order valence-corrected chi connectivity index (χ4v) is 3.95. The van der Waals surface area contributed by atoms with Crippen molar-refractivity contribution in [2.45, 2.75) is 19.1 Å². The molecule has 1 atom stereocenters. The second kappa shape index (κ2) is 14.2. The van der Waals surface area contributed by atoms with E-state index in [2.05, 4.69) is 15.8 Å². The number of benzene rings is 4. The Morgan fingerprint density at radius 1 is 0.825 bits per heavy atom. The van der Waals surface area contributed by atoms with Crippen molar-refractivity contribution < 1.29 is 23.8 Å². The Morgan fingerprint density at radius 2 is 1.52 bits per heavy atom. The summed E-state index contributed by atoms with van der Waals surface area (Å²) in [6.45, 7) is 0.368. The van der Waals surface area contributed by atoms with E-state index < -0.39 is 6.04 Å². The topological polar surface area (TPSA) is 98.3 Å². The smallest absolute Gasteiger partial charge is 0.251 e. The van der Waals surface area contributed by atoms with Gasteiger partial charge in [-0.15, -0.1) is 0 Å². The van der Waals surface area contributed by atoms with E-state index in [0.717, 1.165) is 16.9 Å². The van der Waals surface area contributed by atoms with E-state index in [1.165, 1.54) is 6.21 Å². The maximum atomic E-state index is 12.8. The molecule has 0 saturated heterocycles. The summed E-state index contributed by atoms with van der Waals surface area (Å²) in [5.74, 6) is 1.30. The fourth-order valence-electron chi connectivity index (χ4n) is 3.95. The van der Waals surface area contributed by atoms with E-state index in [1.807, 2.05) is 66.7 Å². The van der Waals surface area contributed by atoms with Gasteiger partial charge in [-0.2, -0.15) is 5.10 Å². The van der Waals surface area contributed by atoms with E-state index in [4.69, 9.17) is 14.2 Å². The van der Waals surface area contributed by atoms with E-state index >= 15 is 0 Å². The van der Waals surface area contributed by atoms with Gasteiger partial charge in [-0.3, -0.25) is 9.59 Å². The molecule has 0 unspecified atom stereocenters. The van der Waals surface area contributed by atoms with Gasteiger partial charge in [0.15, 0.2) is 11.5 Å². The van der Waals surface area contributed by atoms with Crippen molar-refractivity contribution in [2.75, 3.05) is 14.2 Å². The van der Waals surface area contributed by atoms with Crippen LogP contribution in [0.3, 0.4) is 0 Å². The Balaban J connectivity index is 1.35. The standard InChI is InChI=1S/C32H31N3O5/c1-38-27-16-13-23(14-17-27)22-40-29-18-15-24(19-30(29)39-2)21-33-35-31(36)20-28(25-9-5-3-6-10-25)34-32(37)26-11-7-4-8-12-26/h3-19,21,28H,20,22H2,1-2H3,(H,34,37)(H,35,36)/b33-21-/t28-/m1/s1. The van der Waals surface area contributed by atoms with Crippen LogP contribution in [-0.2, 0) is 11.4 Å². The van der Waals surface area contributed by atoms with Crippen LogP contribution in [0.15, 0.2) is 108 Å². The summed E-state index contributed by atoms with van der Waals surface area (Å²) in [6, 6.07) is 30.7. The summed E-state index contributed by atoms with van der Waals surface area (Å²) in [7, 11) is 3.19. The summed E-state index contributed by atoms with van der Waals surface area (Å²) in [6.07, 6.45) is 1.54. The molecule has 0 aliphatic heterocycles. The number of ether oxygens (including phenoxy) is 3. The van der Waals surface area contributed by atoms with Crippen molar-refractivity contribution in [1.29, 1.82) is 0 Å². The van der Waals surface area contributed by atoms with Crippen LogP contribution in [0, 0.1) is 0 Å². The van der Waals surface area contributed by atoms with Gasteiger partial charge in [-0.25, -0.2) is 5.43 Å². The van der Waals surface area contributed by atoms with Crippen molar-refractivity contribution in [3.8, 4) is 17.2 Å². The van der Waals surface area contributed by atoms with Crippen LogP contribution in [0.5, 0.6) is 17.2 Å². The predicted molar refractivity (Wildman–Crippen MR) is 154 cm³/mol. The first-order valence-corrected chi connectivity index (χ1v) is 12.7. The SMILES string of the molecule is COc1ccc(COc2ccc(/C=N\NC(=O)C[C@@H](NC(=O)c3ccccc3)c3ccccc3)cc2OC)cc1. The Kier molecular flexibility index (Phi) is 9.88. The molecule has 4 aromatic carbocycles. The Hall–Kier alpha value is -5.11. The molecule has 0 bridgehead atoms. The average Bonchev–Trinajstić information content (AvgIpc) is 3.01. The second-order valence-corrected chi connectivity index (χ2v) is 8.85. The van der Waals surface area contributed by atoms with E-state index in [1.54, 1.807) is 50.6 Å². The van der Waals surface area contributed by atoms with Gasteiger partial charge in [-0.1, -0.05) is 60.7 Å². The van der Waals surface area contributed by atoms with Gasteiger partial charge in [0.1, 0.15) is 12.4 Å². The molecule has 4 rings (SSSR count). The van der Waals surface area contributed by atoms with Crippen LogP contribution in [0.2, 0.25) is 0 Å². The van der Waals surface area contributed by atoms with Crippen molar-refractivity contribution in [3.05, 3.63) is 125 Å². The molecule has 4 aromatic rings. The van der Waals surface area contributed by atoms with Crippen LogP contribution in [0.4, 0.5) is 0 Å². The van der Waals surface area contributed by atoms with Gasteiger partial charge >= 0.3 is 0 Å². The summed E-state index contributed by atoms with van der Waals surface area (Å²) in [5.41, 5.74) is 5.59. The maximum Gasteiger partial charge on any atom is 0.251 e. The normalized spacial score (nSPS) is 11.4. The molecule has 0 spiro atoms. The largest absolute Gasteiger partial charge is 0.497 e. The zero-order valence-electron chi connectivity index (χ0n) is 22.4. The third-order valence-electron chi connectivity index (χ3n) is 6.08. The highest BCUT2D eigenvalue weighted by Crippen LogP contribution is 2.28. The van der Waals surface area contributed by atoms with Crippen LogP contribution < -0.4 is 25.0 Å². The molecule has 8 heteroatoms. The number of hydrogen-bond donors (Lipinski definition) is 2. The van der Waals surface area contributed by atoms with E-state index in [0.29, 0.717) is 29.2 Å². The minimum Gasteiger partial charge on any atom is -0.497 e. The second-order valence-electron chi connectivity index (χ2n) is 8.85. The van der Waals surface area contributed by atoms with Gasteiger partial charge in [0.2, 0.25) is 5.91 Å². The number of carbonyl (C=O) groups excluding carboxylic acids is 2. The highest BCUT2D eigenvalue weighted by Gasteiger charge is 2.19. The Labute approximate surface area is 233 Å². The number of nitrogens with zero attached hydrogens (tertiary/aromatic N) is 1. The monoisotopic (exact) mass is 537 g/mol. The number of hydrazone groups is 1. The predicted octanol–water partition coefficient (Wildman–Crippen LogP) is 5.29. The Morgan fingerprint density at radius 3 is 2.20 bits per heavy atom. The molecule has 8 nitrogen and oxygen atoms in total. The van der Waals surface area contributed by atoms with Crippen molar-refractivity contribution in [2.24, 2.45) is 5.10 Å². The highest BCUT2D eigenvalue weighted by molar-refractivity contribution is 5.94. The molecule has 0 aliphatic rings. The molecule has 0 fully saturated rings. The zero-order chi connectivity index (χ0) is 28.2. The summed E-state index contributed by atoms with van der Waals surface area (Å²) in [4.78, 5) is 25.5. The lowest BCUT2D eigenvalue weighted by atomic mass is 10.0. The number of carbonyl (C=O) groups is 2. The van der Waals surface area contributed by atoms with Crippen molar-refractivity contribution >= 4 is 18.0 Å². The zero-order valence-corrected chi connectivity index (χ0v) is 22.4. The molecule has 0 aliphatic carbocycles. The minimum atomic E-state index is -0.522. The molecular formula is C32H31N3O5. The first-order chi connectivity index (χ1) is 19.6. The summed E-state index contributed by atoms with van der Waals surface area (Å²) < 4.78 is 16.6. The molecule has 0 radical (unpaired) electrons. The molecule has 0 heterocycles. The quantitative estimate of drug-likeness (QED) is 0.189. The lowest BCUT2D eigenvalue weighted by Gasteiger charge is -2.18. The number of hydrogen-bond acceptors (Lipinski definition) is 6. The molecule has 204 valence electrons. The van der Waals surface area contributed by atoms with Crippen LogP contribution in [0.1, 0.15) is 39.5 Å². The van der Waals surface area contributed by atoms with Gasteiger partial charge < -0.3 is 19.5 Å². The van der Waals surface area contributed by atoms with Crippen molar-refractivity contribution in [1.82, 2.24) is 10.7 Å². The molecule has 2 N–H and O–H groups in total. The lowest BCUT2D eigenvalue weighted by Crippen LogP contribution is -2.32. The van der Waals surface area contributed by atoms with Crippen LogP contribution >= 0.6 is 0 Å². The first kappa shape index (κ1) is 27.9. The highest BCUT2D eigenvalue weighted by atomic mass is 16.5. The molecule has 0 saturated carbocycles. The van der Waals surface area contributed by atoms with E-state index in [9.17, 15) is 9.59 Å².